The van der Waals surface area contributed by atoms with Gasteiger partial charge in [-0.1, -0.05) is 24.3 Å². The second-order valence-corrected chi connectivity index (χ2v) is 3.50. The quantitative estimate of drug-likeness (QED) is 0.626. The Labute approximate surface area is 95.4 Å². The van der Waals surface area contributed by atoms with Gasteiger partial charge in [0.1, 0.15) is 5.75 Å². The van der Waals surface area contributed by atoms with Gasteiger partial charge in [0.25, 0.3) is 0 Å². The average molecular weight is 220 g/mol. The Balaban J connectivity index is 2.84. The third-order valence-electron chi connectivity index (χ3n) is 2.36. The number of phenols is 1. The van der Waals surface area contributed by atoms with Gasteiger partial charge in [0.15, 0.2) is 0 Å². The number of carbonyl (C=O) groups excluding carboxylic acids is 1. The number of esters is 1. The Hall–Kier alpha value is -1.77. The normalized spacial score (nSPS) is 12.6. The lowest BCUT2D eigenvalue weighted by molar-refractivity contribution is -0.140. The van der Waals surface area contributed by atoms with Gasteiger partial charge in [-0.3, -0.25) is 4.79 Å². The molecule has 0 aromatic heterocycles. The topological polar surface area (TPSA) is 46.5 Å². The molecule has 0 spiro atoms. The summed E-state index contributed by atoms with van der Waals surface area (Å²) in [7, 11) is 1.38. The molecule has 1 aromatic rings. The maximum Gasteiger partial charge on any atom is 0.306 e. The fourth-order valence-electron chi connectivity index (χ4n) is 1.51. The van der Waals surface area contributed by atoms with Crippen LogP contribution in [-0.4, -0.2) is 18.2 Å². The van der Waals surface area contributed by atoms with Gasteiger partial charge < -0.3 is 9.84 Å². The number of hydrogen-bond donors (Lipinski definition) is 1. The van der Waals surface area contributed by atoms with Gasteiger partial charge >= 0.3 is 5.97 Å². The summed E-state index contributed by atoms with van der Waals surface area (Å²) >= 11 is 0. The van der Waals surface area contributed by atoms with E-state index < -0.39 is 0 Å². The predicted octanol–water partition coefficient (Wildman–Crippen LogP) is 2.62. The van der Waals surface area contributed by atoms with E-state index in [1.54, 1.807) is 12.1 Å². The third kappa shape index (κ3) is 3.42. The molecule has 0 aliphatic rings. The standard InChI is InChI=1S/C13H16O3/c1-3-4-11(9-13(15)16-2)10-5-7-12(14)8-6-10/h3-8,11,14H,9H2,1-2H3/b4-3-/t11-/m1/s1. The van der Waals surface area contributed by atoms with Crippen LogP contribution in [0.2, 0.25) is 0 Å². The molecular weight excluding hydrogens is 204 g/mol. The van der Waals surface area contributed by atoms with Gasteiger partial charge in [0.2, 0.25) is 0 Å². The van der Waals surface area contributed by atoms with Crippen LogP contribution in [0, 0.1) is 0 Å². The van der Waals surface area contributed by atoms with E-state index in [0.717, 1.165) is 5.56 Å². The summed E-state index contributed by atoms with van der Waals surface area (Å²) < 4.78 is 4.65. The largest absolute Gasteiger partial charge is 0.508 e. The van der Waals surface area contributed by atoms with Crippen molar-refractivity contribution in [3.63, 3.8) is 0 Å². The maximum atomic E-state index is 11.2. The van der Waals surface area contributed by atoms with Gasteiger partial charge in [-0.05, 0) is 24.6 Å². The van der Waals surface area contributed by atoms with E-state index in [2.05, 4.69) is 4.74 Å². The monoisotopic (exact) mass is 220 g/mol. The second kappa shape index (κ2) is 5.95. The third-order valence-corrected chi connectivity index (χ3v) is 2.36. The Morgan fingerprint density at radius 1 is 1.44 bits per heavy atom. The number of benzene rings is 1. The molecule has 1 aromatic carbocycles. The van der Waals surface area contributed by atoms with Crippen LogP contribution in [0.5, 0.6) is 5.75 Å². The first-order valence-corrected chi connectivity index (χ1v) is 5.16. The molecular formula is C13H16O3. The number of aromatic hydroxyl groups is 1. The van der Waals surface area contributed by atoms with Crippen molar-refractivity contribution in [2.45, 2.75) is 19.3 Å². The number of ether oxygens (including phenoxy) is 1. The van der Waals surface area contributed by atoms with Crippen LogP contribution in [0.25, 0.3) is 0 Å². The van der Waals surface area contributed by atoms with E-state index in [1.165, 1.54) is 7.11 Å². The highest BCUT2D eigenvalue weighted by molar-refractivity contribution is 5.70. The summed E-state index contributed by atoms with van der Waals surface area (Å²) in [5, 5.41) is 9.19. The molecule has 1 rings (SSSR count). The minimum absolute atomic E-state index is 0.00181. The Morgan fingerprint density at radius 3 is 2.56 bits per heavy atom. The summed E-state index contributed by atoms with van der Waals surface area (Å²) in [5.41, 5.74) is 0.987. The number of carbonyl (C=O) groups is 1. The summed E-state index contributed by atoms with van der Waals surface area (Å²) in [6.07, 6.45) is 4.16. The van der Waals surface area contributed by atoms with Gasteiger partial charge in [-0.25, -0.2) is 0 Å². The molecule has 3 heteroatoms. The lowest BCUT2D eigenvalue weighted by atomic mass is 9.95. The van der Waals surface area contributed by atoms with Crippen molar-refractivity contribution >= 4 is 5.97 Å². The Morgan fingerprint density at radius 2 is 2.06 bits per heavy atom. The molecule has 3 nitrogen and oxygen atoms in total. The van der Waals surface area contributed by atoms with Crippen LogP contribution in [-0.2, 0) is 9.53 Å². The molecule has 0 fully saturated rings. The highest BCUT2D eigenvalue weighted by Crippen LogP contribution is 2.23. The second-order valence-electron chi connectivity index (χ2n) is 3.50. The minimum Gasteiger partial charge on any atom is -0.508 e. The first-order chi connectivity index (χ1) is 7.67. The molecule has 0 heterocycles. The zero-order chi connectivity index (χ0) is 12.0. The first kappa shape index (κ1) is 12.3. The van der Waals surface area contributed by atoms with Crippen LogP contribution in [0.3, 0.4) is 0 Å². The van der Waals surface area contributed by atoms with Crippen molar-refractivity contribution < 1.29 is 14.6 Å². The zero-order valence-electron chi connectivity index (χ0n) is 9.51. The molecule has 1 atom stereocenters. The highest BCUT2D eigenvalue weighted by atomic mass is 16.5. The molecule has 0 amide bonds. The van der Waals surface area contributed by atoms with Crippen molar-refractivity contribution in [2.24, 2.45) is 0 Å². The molecule has 86 valence electrons. The van der Waals surface area contributed by atoms with Crippen LogP contribution in [0.1, 0.15) is 24.8 Å². The fraction of sp³-hybridized carbons (Fsp3) is 0.308. The number of phenolic OH excluding ortho intramolecular Hbond substituents is 1. The Kier molecular flexibility index (Phi) is 4.58. The zero-order valence-corrected chi connectivity index (χ0v) is 9.51. The molecule has 1 N–H and O–H groups in total. The number of allylic oxidation sites excluding steroid dienone is 2. The van der Waals surface area contributed by atoms with Gasteiger partial charge in [0, 0.05) is 5.92 Å². The van der Waals surface area contributed by atoms with E-state index in [4.69, 9.17) is 0 Å². The predicted molar refractivity (Wildman–Crippen MR) is 62.3 cm³/mol. The van der Waals surface area contributed by atoms with E-state index in [-0.39, 0.29) is 17.6 Å². The summed E-state index contributed by atoms with van der Waals surface area (Å²) in [6.45, 7) is 1.91. The first-order valence-electron chi connectivity index (χ1n) is 5.16. The number of rotatable bonds is 4. The average Bonchev–Trinajstić information content (AvgIpc) is 2.29. The minimum atomic E-state index is -0.240. The van der Waals surface area contributed by atoms with Crippen molar-refractivity contribution in [1.29, 1.82) is 0 Å². The molecule has 16 heavy (non-hydrogen) atoms. The van der Waals surface area contributed by atoms with E-state index in [0.29, 0.717) is 6.42 Å². The molecule has 0 radical (unpaired) electrons. The molecule has 0 saturated carbocycles. The molecule has 0 aliphatic carbocycles. The lowest BCUT2D eigenvalue weighted by Crippen LogP contribution is -2.06. The smallest absolute Gasteiger partial charge is 0.306 e. The van der Waals surface area contributed by atoms with Crippen molar-refractivity contribution in [3.8, 4) is 5.75 Å². The van der Waals surface area contributed by atoms with Gasteiger partial charge in [-0.2, -0.15) is 0 Å². The van der Waals surface area contributed by atoms with Crippen LogP contribution >= 0.6 is 0 Å². The van der Waals surface area contributed by atoms with Crippen LogP contribution in [0.4, 0.5) is 0 Å². The molecule has 0 bridgehead atoms. The van der Waals surface area contributed by atoms with Crippen molar-refractivity contribution in [3.05, 3.63) is 42.0 Å². The number of methoxy groups -OCH3 is 1. The van der Waals surface area contributed by atoms with E-state index >= 15 is 0 Å². The number of hydrogen-bond acceptors (Lipinski definition) is 3. The molecule has 0 unspecified atom stereocenters. The maximum absolute atomic E-state index is 11.2. The van der Waals surface area contributed by atoms with Crippen molar-refractivity contribution in [1.82, 2.24) is 0 Å². The fourth-order valence-corrected chi connectivity index (χ4v) is 1.51. The van der Waals surface area contributed by atoms with E-state index in [1.807, 2.05) is 31.2 Å². The molecule has 0 saturated heterocycles. The van der Waals surface area contributed by atoms with Crippen LogP contribution < -0.4 is 0 Å². The van der Waals surface area contributed by atoms with Crippen molar-refractivity contribution in [2.75, 3.05) is 7.11 Å². The van der Waals surface area contributed by atoms with E-state index in [9.17, 15) is 9.90 Å². The summed E-state index contributed by atoms with van der Waals surface area (Å²) in [5.74, 6) is -0.0183. The summed E-state index contributed by atoms with van der Waals surface area (Å²) in [6, 6.07) is 6.85. The summed E-state index contributed by atoms with van der Waals surface area (Å²) in [4.78, 5) is 11.2. The van der Waals surface area contributed by atoms with Crippen LogP contribution in [0.15, 0.2) is 36.4 Å². The lowest BCUT2D eigenvalue weighted by Gasteiger charge is -2.11. The van der Waals surface area contributed by atoms with Gasteiger partial charge in [-0.15, -0.1) is 0 Å². The SMILES string of the molecule is C/C=C\[C@H](CC(=O)OC)c1ccc(O)cc1. The van der Waals surface area contributed by atoms with Gasteiger partial charge in [0.05, 0.1) is 13.5 Å². The molecule has 0 aliphatic heterocycles. The highest BCUT2D eigenvalue weighted by Gasteiger charge is 2.13. The Bertz CT molecular complexity index is 365.